The largest absolute Gasteiger partial charge is 0.462 e. The third-order valence-electron chi connectivity index (χ3n) is 3.05. The van der Waals surface area contributed by atoms with Crippen molar-refractivity contribution in [2.75, 3.05) is 13.2 Å². The number of carbonyl (C=O) groups excluding carboxylic acids is 2. The molecule has 2 aromatic rings. The average Bonchev–Trinajstić information content (AvgIpc) is 2.55. The second-order valence-electron chi connectivity index (χ2n) is 4.71. The zero-order valence-corrected chi connectivity index (χ0v) is 13.7. The first-order valence-electron chi connectivity index (χ1n) is 7.04. The molecule has 0 aromatic heterocycles. The average molecular weight is 352 g/mol. The number of carbonyl (C=O) groups is 2. The Hall–Kier alpha value is -2.04. The number of benzene rings is 2. The molecule has 0 aliphatic heterocycles. The molecule has 0 unspecified atom stereocenters. The monoisotopic (exact) mass is 351 g/mol. The van der Waals surface area contributed by atoms with Gasteiger partial charge >= 0.3 is 5.97 Å². The van der Waals surface area contributed by atoms with Crippen molar-refractivity contribution in [2.45, 2.75) is 6.42 Å². The molecule has 1 amide bonds. The van der Waals surface area contributed by atoms with Crippen molar-refractivity contribution in [3.8, 4) is 0 Å². The van der Waals surface area contributed by atoms with Gasteiger partial charge in [0.05, 0.1) is 27.8 Å². The number of hydrogen-bond acceptors (Lipinski definition) is 3. The molecular weight excluding hydrogens is 337 g/mol. The van der Waals surface area contributed by atoms with Gasteiger partial charge in [0.2, 0.25) is 0 Å². The van der Waals surface area contributed by atoms with Crippen LogP contribution in [0.2, 0.25) is 10.0 Å². The van der Waals surface area contributed by atoms with Gasteiger partial charge in [-0.05, 0) is 30.7 Å². The summed E-state index contributed by atoms with van der Waals surface area (Å²) in [6.07, 6.45) is 0.492. The fraction of sp³-hybridized carbons (Fsp3) is 0.176. The van der Waals surface area contributed by atoms with Gasteiger partial charge in [0, 0.05) is 6.54 Å². The van der Waals surface area contributed by atoms with Crippen LogP contribution < -0.4 is 5.32 Å². The summed E-state index contributed by atoms with van der Waals surface area (Å²) in [6.45, 7) is 0.562. The minimum Gasteiger partial charge on any atom is -0.462 e. The molecule has 120 valence electrons. The Kier molecular flexibility index (Phi) is 6.44. The van der Waals surface area contributed by atoms with Gasteiger partial charge in [0.15, 0.2) is 0 Å². The van der Waals surface area contributed by atoms with Crippen LogP contribution in [0, 0.1) is 0 Å². The third kappa shape index (κ3) is 4.98. The molecule has 23 heavy (non-hydrogen) atoms. The summed E-state index contributed by atoms with van der Waals surface area (Å²) >= 11 is 11.9. The minimum absolute atomic E-state index is 0.187. The van der Waals surface area contributed by atoms with E-state index < -0.39 is 5.97 Å². The number of esters is 1. The Morgan fingerprint density at radius 1 is 0.913 bits per heavy atom. The Bertz CT molecular complexity index is 644. The van der Waals surface area contributed by atoms with E-state index in [0.717, 1.165) is 0 Å². The van der Waals surface area contributed by atoms with Gasteiger partial charge in [-0.3, -0.25) is 4.79 Å². The topological polar surface area (TPSA) is 55.4 Å². The van der Waals surface area contributed by atoms with Gasteiger partial charge in [-0.2, -0.15) is 0 Å². The van der Waals surface area contributed by atoms with Crippen molar-refractivity contribution in [1.29, 1.82) is 0 Å². The van der Waals surface area contributed by atoms with E-state index >= 15 is 0 Å². The van der Waals surface area contributed by atoms with Crippen LogP contribution in [0.5, 0.6) is 0 Å². The van der Waals surface area contributed by atoms with Crippen LogP contribution in [-0.2, 0) is 4.74 Å². The number of halogens is 2. The van der Waals surface area contributed by atoms with E-state index in [1.165, 1.54) is 0 Å². The summed E-state index contributed by atoms with van der Waals surface area (Å²) in [7, 11) is 0. The normalized spacial score (nSPS) is 10.2. The van der Waals surface area contributed by atoms with Gasteiger partial charge in [0.25, 0.3) is 5.91 Å². The summed E-state index contributed by atoms with van der Waals surface area (Å²) in [4.78, 5) is 23.7. The van der Waals surface area contributed by atoms with Crippen LogP contribution in [0.3, 0.4) is 0 Å². The number of amides is 1. The summed E-state index contributed by atoms with van der Waals surface area (Å²) in [5, 5.41) is 3.47. The highest BCUT2D eigenvalue weighted by Crippen LogP contribution is 2.16. The third-order valence-corrected chi connectivity index (χ3v) is 3.71. The molecular formula is C17H15Cl2NO3. The SMILES string of the molecule is O=C(NCCCOC(=O)c1ccccc1Cl)c1ccccc1Cl. The quantitative estimate of drug-likeness (QED) is 0.632. The maximum atomic E-state index is 11.9. The van der Waals surface area contributed by atoms with E-state index in [-0.39, 0.29) is 12.5 Å². The van der Waals surface area contributed by atoms with Gasteiger partial charge in [-0.1, -0.05) is 47.5 Å². The summed E-state index contributed by atoms with van der Waals surface area (Å²) in [6, 6.07) is 13.5. The van der Waals surface area contributed by atoms with Crippen molar-refractivity contribution < 1.29 is 14.3 Å². The molecule has 0 aliphatic carbocycles. The Morgan fingerprint density at radius 3 is 2.09 bits per heavy atom. The van der Waals surface area contributed by atoms with E-state index in [2.05, 4.69) is 5.32 Å². The first-order chi connectivity index (χ1) is 11.1. The van der Waals surface area contributed by atoms with Crippen molar-refractivity contribution >= 4 is 35.1 Å². The van der Waals surface area contributed by atoms with Crippen LogP contribution in [0.15, 0.2) is 48.5 Å². The summed E-state index contributed by atoms with van der Waals surface area (Å²) in [5.41, 5.74) is 0.747. The molecule has 0 fully saturated rings. The lowest BCUT2D eigenvalue weighted by atomic mass is 10.2. The lowest BCUT2D eigenvalue weighted by molar-refractivity contribution is 0.0501. The molecule has 1 N–H and O–H groups in total. The lowest BCUT2D eigenvalue weighted by Crippen LogP contribution is -2.25. The van der Waals surface area contributed by atoms with Gasteiger partial charge in [0.1, 0.15) is 0 Å². The van der Waals surface area contributed by atoms with Gasteiger partial charge < -0.3 is 10.1 Å². The molecule has 0 saturated heterocycles. The van der Waals surface area contributed by atoms with Crippen LogP contribution in [0.25, 0.3) is 0 Å². The number of ether oxygens (including phenoxy) is 1. The fourth-order valence-electron chi connectivity index (χ4n) is 1.88. The Balaban J connectivity index is 1.72. The predicted molar refractivity (Wildman–Crippen MR) is 90.1 cm³/mol. The summed E-state index contributed by atoms with van der Waals surface area (Å²) < 4.78 is 5.12. The van der Waals surface area contributed by atoms with Crippen LogP contribution >= 0.6 is 23.2 Å². The fourth-order valence-corrected chi connectivity index (χ4v) is 2.32. The smallest absolute Gasteiger partial charge is 0.339 e. The molecule has 2 aromatic carbocycles. The van der Waals surface area contributed by atoms with Crippen molar-refractivity contribution in [3.05, 3.63) is 69.7 Å². The van der Waals surface area contributed by atoms with E-state index in [1.807, 2.05) is 0 Å². The molecule has 0 spiro atoms. The molecule has 2 rings (SSSR count). The Labute approximate surface area is 144 Å². The van der Waals surface area contributed by atoms with Crippen LogP contribution in [-0.4, -0.2) is 25.0 Å². The van der Waals surface area contributed by atoms with Gasteiger partial charge in [-0.25, -0.2) is 4.79 Å². The van der Waals surface area contributed by atoms with Crippen LogP contribution in [0.4, 0.5) is 0 Å². The molecule has 0 bridgehead atoms. The lowest BCUT2D eigenvalue weighted by Gasteiger charge is -2.08. The highest BCUT2D eigenvalue weighted by Gasteiger charge is 2.11. The van der Waals surface area contributed by atoms with Gasteiger partial charge in [-0.15, -0.1) is 0 Å². The second kappa shape index (κ2) is 8.56. The van der Waals surface area contributed by atoms with Crippen molar-refractivity contribution in [3.63, 3.8) is 0 Å². The molecule has 0 aliphatic rings. The minimum atomic E-state index is -0.479. The van der Waals surface area contributed by atoms with E-state index in [4.69, 9.17) is 27.9 Å². The highest BCUT2D eigenvalue weighted by atomic mass is 35.5. The first kappa shape index (κ1) is 17.3. The zero-order valence-electron chi connectivity index (χ0n) is 12.2. The van der Waals surface area contributed by atoms with Crippen molar-refractivity contribution in [1.82, 2.24) is 5.32 Å². The predicted octanol–water partition coefficient (Wildman–Crippen LogP) is 3.97. The number of rotatable bonds is 6. The molecule has 0 heterocycles. The highest BCUT2D eigenvalue weighted by molar-refractivity contribution is 6.34. The second-order valence-corrected chi connectivity index (χ2v) is 5.52. The van der Waals surface area contributed by atoms with Crippen molar-refractivity contribution in [2.24, 2.45) is 0 Å². The maximum absolute atomic E-state index is 11.9. The zero-order chi connectivity index (χ0) is 16.7. The van der Waals surface area contributed by atoms with Crippen LogP contribution in [0.1, 0.15) is 27.1 Å². The molecule has 4 nitrogen and oxygen atoms in total. The summed E-state index contributed by atoms with van der Waals surface area (Å²) in [5.74, 6) is -0.735. The van der Waals surface area contributed by atoms with E-state index in [0.29, 0.717) is 34.1 Å². The first-order valence-corrected chi connectivity index (χ1v) is 7.79. The molecule has 0 radical (unpaired) electrons. The molecule has 0 atom stereocenters. The molecule has 6 heteroatoms. The molecule has 0 saturated carbocycles. The standard InChI is InChI=1S/C17H15Cl2NO3/c18-14-8-3-1-6-12(14)16(21)20-10-5-11-23-17(22)13-7-2-4-9-15(13)19/h1-4,6-9H,5,10-11H2,(H,20,21). The number of hydrogen-bond donors (Lipinski definition) is 1. The van der Waals surface area contributed by atoms with E-state index in [1.54, 1.807) is 48.5 Å². The number of nitrogens with one attached hydrogen (secondary N) is 1. The Morgan fingerprint density at radius 2 is 1.48 bits per heavy atom. The van der Waals surface area contributed by atoms with E-state index in [9.17, 15) is 9.59 Å². The maximum Gasteiger partial charge on any atom is 0.339 e.